The van der Waals surface area contributed by atoms with Gasteiger partial charge >= 0.3 is 0 Å². The number of unbranched alkanes of at least 4 members (excludes halogenated alkanes) is 1. The average molecular weight is 412 g/mol. The molecule has 1 aliphatic rings. The zero-order valence-electron chi connectivity index (χ0n) is 14.0. The van der Waals surface area contributed by atoms with E-state index in [1.807, 2.05) is 0 Å². The smallest absolute Gasteiger partial charge is 0.244 e. The molecule has 1 aromatic carbocycles. The average Bonchev–Trinajstić information content (AvgIpc) is 2.92. The van der Waals surface area contributed by atoms with E-state index in [1.54, 1.807) is 0 Å². The minimum Gasteiger partial charge on any atom is -1.00 e. The van der Waals surface area contributed by atoms with Gasteiger partial charge in [-0.3, -0.25) is 0 Å². The van der Waals surface area contributed by atoms with Crippen LogP contribution in [0.15, 0.2) is 30.6 Å². The molecule has 0 radical (unpaired) electrons. The Morgan fingerprint density at radius 2 is 1.91 bits per heavy atom. The normalized spacial score (nSPS) is 17.4. The Morgan fingerprint density at radius 1 is 1.18 bits per heavy atom. The third kappa shape index (κ3) is 3.66. The topological polar surface area (TPSA) is 8.81 Å². The molecule has 2 aromatic rings. The Labute approximate surface area is 151 Å². The molecule has 1 fully saturated rings. The number of hydrogen-bond acceptors (Lipinski definition) is 0. The van der Waals surface area contributed by atoms with Gasteiger partial charge in [-0.25, -0.2) is 9.13 Å². The molecular weight excluding hydrogens is 383 g/mol. The quantitative estimate of drug-likeness (QED) is 0.524. The van der Waals surface area contributed by atoms with Gasteiger partial charge in [0.25, 0.3) is 0 Å². The zero-order chi connectivity index (χ0) is 14.7. The number of imidazole rings is 1. The molecule has 122 valence electrons. The first-order valence-corrected chi connectivity index (χ1v) is 8.80. The second kappa shape index (κ2) is 8.32. The zero-order valence-corrected chi connectivity index (χ0v) is 16.1. The number of nitrogens with zero attached hydrogens (tertiary/aromatic N) is 2. The maximum Gasteiger partial charge on any atom is 0.244 e. The van der Waals surface area contributed by atoms with Crippen LogP contribution in [0, 0.1) is 5.92 Å². The molecule has 3 heteroatoms. The lowest BCUT2D eigenvalue weighted by molar-refractivity contribution is -0.672. The van der Waals surface area contributed by atoms with E-state index in [0.717, 1.165) is 12.5 Å². The summed E-state index contributed by atoms with van der Waals surface area (Å²) in [4.78, 5) is 0. The lowest BCUT2D eigenvalue weighted by atomic mass is 9.84. The van der Waals surface area contributed by atoms with Crippen molar-refractivity contribution in [3.63, 3.8) is 0 Å². The van der Waals surface area contributed by atoms with E-state index >= 15 is 0 Å². The summed E-state index contributed by atoms with van der Waals surface area (Å²) in [6.07, 6.45) is 12.0. The lowest BCUT2D eigenvalue weighted by Crippen LogP contribution is -3.00. The van der Waals surface area contributed by atoms with Crippen molar-refractivity contribution in [1.29, 1.82) is 0 Å². The van der Waals surface area contributed by atoms with E-state index in [4.69, 9.17) is 0 Å². The minimum atomic E-state index is 0. The minimum absolute atomic E-state index is 0. The number of hydrogen-bond donors (Lipinski definition) is 0. The van der Waals surface area contributed by atoms with E-state index in [-0.39, 0.29) is 24.0 Å². The first-order valence-electron chi connectivity index (χ1n) is 8.80. The van der Waals surface area contributed by atoms with Crippen molar-refractivity contribution in [3.05, 3.63) is 30.6 Å². The van der Waals surface area contributed by atoms with Crippen molar-refractivity contribution in [2.45, 2.75) is 71.4 Å². The van der Waals surface area contributed by atoms with Crippen molar-refractivity contribution in [3.8, 4) is 0 Å². The summed E-state index contributed by atoms with van der Waals surface area (Å²) in [5.74, 6) is 0.856. The second-order valence-electron chi connectivity index (χ2n) is 6.70. The Balaban J connectivity index is 0.00000176. The standard InChI is InChI=1S/C19H29N2.HI/c1-3-4-14-20-15-21(19-13-9-8-12-18(19)20)16(2)17-10-6-5-7-11-17;/h8-9,12-13,15-17H,3-7,10-11,14H2,1-2H3;1H/q+1;/p-1/t16-;/m0./s1. The maximum absolute atomic E-state index is 2.54. The SMILES string of the molecule is CCCC[n+]1cn([C@@H](C)C2CCCCC2)c2ccccc21.[I-]. The number of para-hydroxylation sites is 2. The van der Waals surface area contributed by atoms with Gasteiger partial charge in [0.15, 0.2) is 11.0 Å². The van der Waals surface area contributed by atoms with Gasteiger partial charge in [-0.1, -0.05) is 44.7 Å². The highest BCUT2D eigenvalue weighted by Crippen LogP contribution is 2.33. The highest BCUT2D eigenvalue weighted by molar-refractivity contribution is 5.71. The largest absolute Gasteiger partial charge is 1.00 e. The fraction of sp³-hybridized carbons (Fsp3) is 0.632. The van der Waals surface area contributed by atoms with Crippen LogP contribution < -0.4 is 28.5 Å². The summed E-state index contributed by atoms with van der Waals surface area (Å²) >= 11 is 0. The molecule has 1 heterocycles. The first kappa shape index (κ1) is 17.8. The number of benzene rings is 1. The number of halogens is 1. The molecule has 1 atom stereocenters. The van der Waals surface area contributed by atoms with E-state index in [1.165, 1.54) is 56.0 Å². The van der Waals surface area contributed by atoms with Gasteiger partial charge in [-0.2, -0.15) is 0 Å². The van der Waals surface area contributed by atoms with Crippen molar-refractivity contribution >= 4 is 11.0 Å². The second-order valence-corrected chi connectivity index (χ2v) is 6.70. The molecule has 0 saturated heterocycles. The number of aromatic nitrogens is 2. The predicted octanol–water partition coefficient (Wildman–Crippen LogP) is 1.87. The van der Waals surface area contributed by atoms with Crippen LogP contribution in [0.3, 0.4) is 0 Å². The van der Waals surface area contributed by atoms with Crippen LogP contribution in [0.25, 0.3) is 11.0 Å². The Bertz CT molecular complexity index is 584. The fourth-order valence-corrected chi connectivity index (χ4v) is 3.87. The van der Waals surface area contributed by atoms with Crippen LogP contribution in [-0.4, -0.2) is 4.57 Å². The molecule has 0 aliphatic heterocycles. The van der Waals surface area contributed by atoms with Crippen LogP contribution in [0.2, 0.25) is 0 Å². The van der Waals surface area contributed by atoms with E-state index in [9.17, 15) is 0 Å². The molecule has 0 bridgehead atoms. The van der Waals surface area contributed by atoms with Gasteiger partial charge in [-0.05, 0) is 44.2 Å². The van der Waals surface area contributed by atoms with Crippen LogP contribution in [0.5, 0.6) is 0 Å². The van der Waals surface area contributed by atoms with E-state index < -0.39 is 0 Å². The fourth-order valence-electron chi connectivity index (χ4n) is 3.87. The van der Waals surface area contributed by atoms with E-state index in [2.05, 4.69) is 53.6 Å². The number of aryl methyl sites for hydroxylation is 1. The van der Waals surface area contributed by atoms with Gasteiger partial charge in [0.2, 0.25) is 6.33 Å². The van der Waals surface area contributed by atoms with Crippen molar-refractivity contribution < 1.29 is 28.5 Å². The first-order chi connectivity index (χ1) is 10.3. The summed E-state index contributed by atoms with van der Waals surface area (Å²) in [7, 11) is 0. The molecular formula is C19H29IN2. The number of rotatable bonds is 5. The van der Waals surface area contributed by atoms with Gasteiger partial charge in [0.1, 0.15) is 6.04 Å². The van der Waals surface area contributed by atoms with Crippen LogP contribution in [0.1, 0.15) is 64.8 Å². The highest BCUT2D eigenvalue weighted by atomic mass is 127. The Morgan fingerprint density at radius 3 is 2.64 bits per heavy atom. The molecule has 2 nitrogen and oxygen atoms in total. The summed E-state index contributed by atoms with van der Waals surface area (Å²) in [5, 5.41) is 0. The summed E-state index contributed by atoms with van der Waals surface area (Å²) in [5.41, 5.74) is 2.81. The molecule has 3 rings (SSSR count). The molecule has 1 aliphatic carbocycles. The van der Waals surface area contributed by atoms with Crippen LogP contribution >= 0.6 is 0 Å². The Kier molecular flexibility index (Phi) is 6.72. The van der Waals surface area contributed by atoms with Crippen LogP contribution in [0.4, 0.5) is 0 Å². The van der Waals surface area contributed by atoms with Gasteiger partial charge in [0, 0.05) is 0 Å². The lowest BCUT2D eigenvalue weighted by Gasteiger charge is -2.25. The molecule has 0 amide bonds. The van der Waals surface area contributed by atoms with Crippen molar-refractivity contribution in [2.75, 3.05) is 0 Å². The molecule has 1 aromatic heterocycles. The number of fused-ring (bicyclic) bond motifs is 1. The Hall–Kier alpha value is -0.580. The summed E-state index contributed by atoms with van der Waals surface area (Å²) in [6, 6.07) is 9.53. The molecule has 0 spiro atoms. The van der Waals surface area contributed by atoms with E-state index in [0.29, 0.717) is 6.04 Å². The third-order valence-corrected chi connectivity index (χ3v) is 5.26. The predicted molar refractivity (Wildman–Crippen MR) is 88.3 cm³/mol. The molecule has 22 heavy (non-hydrogen) atoms. The van der Waals surface area contributed by atoms with Gasteiger partial charge < -0.3 is 24.0 Å². The van der Waals surface area contributed by atoms with Crippen molar-refractivity contribution in [2.24, 2.45) is 5.92 Å². The highest BCUT2D eigenvalue weighted by Gasteiger charge is 2.27. The van der Waals surface area contributed by atoms with Crippen LogP contribution in [-0.2, 0) is 6.54 Å². The molecule has 0 unspecified atom stereocenters. The van der Waals surface area contributed by atoms with Gasteiger partial charge in [-0.15, -0.1) is 0 Å². The van der Waals surface area contributed by atoms with Gasteiger partial charge in [0.05, 0.1) is 6.54 Å². The van der Waals surface area contributed by atoms with Crippen molar-refractivity contribution in [1.82, 2.24) is 4.57 Å². The summed E-state index contributed by atoms with van der Waals surface area (Å²) in [6.45, 7) is 5.83. The monoisotopic (exact) mass is 412 g/mol. The third-order valence-electron chi connectivity index (χ3n) is 5.26. The summed E-state index contributed by atoms with van der Waals surface area (Å²) < 4.78 is 5.00. The molecule has 0 N–H and O–H groups in total. The maximum atomic E-state index is 2.54. The molecule has 1 saturated carbocycles.